The van der Waals surface area contributed by atoms with Crippen LogP contribution in [-0.2, 0) is 11.2 Å². The number of benzene rings is 1. The van der Waals surface area contributed by atoms with Crippen molar-refractivity contribution in [1.82, 2.24) is 0 Å². The van der Waals surface area contributed by atoms with Crippen LogP contribution in [0.15, 0.2) is 24.3 Å². The van der Waals surface area contributed by atoms with Crippen molar-refractivity contribution < 1.29 is 9.90 Å². The number of aromatic hydroxyl groups is 1. The number of carbonyl (C=O) groups excluding carboxylic acids is 1. The number of unbranched alkanes of at least 4 members (excludes halogenated alkanes) is 11. The molecule has 2 nitrogen and oxygen atoms in total. The molecule has 0 aliphatic heterocycles. The van der Waals surface area contributed by atoms with Crippen molar-refractivity contribution in [3.05, 3.63) is 29.8 Å². The molecular weight excluding hydrogens is 344 g/mol. The predicted octanol–water partition coefficient (Wildman–Crippen LogP) is 7.77. The lowest BCUT2D eigenvalue weighted by Crippen LogP contribution is -2.15. The normalized spacial score (nSPS) is 14.1. The lowest BCUT2D eigenvalue weighted by Gasteiger charge is -2.24. The summed E-state index contributed by atoms with van der Waals surface area (Å²) >= 11 is 0. The Morgan fingerprint density at radius 1 is 0.750 bits per heavy atom. The van der Waals surface area contributed by atoms with Gasteiger partial charge in [0.05, 0.1) is 0 Å². The van der Waals surface area contributed by atoms with Crippen LogP contribution in [0.4, 0.5) is 0 Å². The summed E-state index contributed by atoms with van der Waals surface area (Å²) < 4.78 is 0. The summed E-state index contributed by atoms with van der Waals surface area (Å²) in [5, 5.41) is 9.28. The fourth-order valence-corrected chi connectivity index (χ4v) is 4.20. The van der Waals surface area contributed by atoms with E-state index in [-0.39, 0.29) is 0 Å². The Kier molecular flexibility index (Phi) is 12.0. The minimum atomic E-state index is 0.359. The van der Waals surface area contributed by atoms with Crippen LogP contribution in [0.3, 0.4) is 0 Å². The number of rotatable bonds is 17. The average molecular weight is 387 g/mol. The van der Waals surface area contributed by atoms with E-state index in [1.165, 1.54) is 95.5 Å². The van der Waals surface area contributed by atoms with Crippen molar-refractivity contribution in [1.29, 1.82) is 0 Å². The standard InChI is InChI=1S/C26H42O2/c27-25-20-18-23(19-21-25)14-11-9-7-5-3-1-2-4-6-8-10-12-17-26(28)22-24-15-13-16-24/h18-21,24,27H,1-17,22H2. The first kappa shape index (κ1) is 23.0. The Hall–Kier alpha value is -1.31. The molecule has 0 aromatic heterocycles. The van der Waals surface area contributed by atoms with Gasteiger partial charge in [-0.2, -0.15) is 0 Å². The SMILES string of the molecule is O=C(CCCCCCCCCCCCCCc1ccc(O)cc1)CC1CCC1. The molecule has 0 saturated heterocycles. The first-order valence-corrected chi connectivity index (χ1v) is 12.0. The number of hydrogen-bond donors (Lipinski definition) is 1. The maximum absolute atomic E-state index is 11.8. The van der Waals surface area contributed by atoms with Crippen LogP contribution < -0.4 is 0 Å². The highest BCUT2D eigenvalue weighted by atomic mass is 16.3. The number of phenols is 1. The van der Waals surface area contributed by atoms with Crippen molar-refractivity contribution in [3.63, 3.8) is 0 Å². The van der Waals surface area contributed by atoms with Gasteiger partial charge in [0.15, 0.2) is 0 Å². The highest BCUT2D eigenvalue weighted by Gasteiger charge is 2.19. The topological polar surface area (TPSA) is 37.3 Å². The number of hydrogen-bond acceptors (Lipinski definition) is 2. The van der Waals surface area contributed by atoms with Crippen LogP contribution >= 0.6 is 0 Å². The monoisotopic (exact) mass is 386 g/mol. The zero-order chi connectivity index (χ0) is 19.9. The summed E-state index contributed by atoms with van der Waals surface area (Å²) in [5.41, 5.74) is 1.33. The summed E-state index contributed by atoms with van der Waals surface area (Å²) in [5.74, 6) is 1.62. The molecule has 0 spiro atoms. The maximum Gasteiger partial charge on any atom is 0.133 e. The van der Waals surface area contributed by atoms with E-state index in [9.17, 15) is 9.90 Å². The van der Waals surface area contributed by atoms with E-state index >= 15 is 0 Å². The van der Waals surface area contributed by atoms with E-state index in [0.29, 0.717) is 11.5 Å². The van der Waals surface area contributed by atoms with Gasteiger partial charge in [-0.25, -0.2) is 0 Å². The molecule has 1 aliphatic carbocycles. The van der Waals surface area contributed by atoms with Gasteiger partial charge in [-0.3, -0.25) is 4.79 Å². The lowest BCUT2D eigenvalue weighted by atomic mass is 9.81. The van der Waals surface area contributed by atoms with E-state index < -0.39 is 0 Å². The first-order valence-electron chi connectivity index (χ1n) is 12.0. The molecule has 0 atom stereocenters. The summed E-state index contributed by atoms with van der Waals surface area (Å²) in [4.78, 5) is 11.8. The van der Waals surface area contributed by atoms with Gasteiger partial charge >= 0.3 is 0 Å². The largest absolute Gasteiger partial charge is 0.508 e. The van der Waals surface area contributed by atoms with E-state index in [1.807, 2.05) is 12.1 Å². The second kappa shape index (κ2) is 14.7. The zero-order valence-corrected chi connectivity index (χ0v) is 18.0. The molecular formula is C26H42O2. The van der Waals surface area contributed by atoms with Crippen LogP contribution in [0.1, 0.15) is 115 Å². The summed E-state index contributed by atoms with van der Waals surface area (Å²) in [6.07, 6.45) is 22.6. The molecule has 1 aromatic carbocycles. The average Bonchev–Trinajstić information content (AvgIpc) is 2.66. The second-order valence-electron chi connectivity index (χ2n) is 8.95. The highest BCUT2D eigenvalue weighted by Crippen LogP contribution is 2.30. The quantitative estimate of drug-likeness (QED) is 0.278. The maximum atomic E-state index is 11.8. The van der Waals surface area contributed by atoms with Crippen molar-refractivity contribution >= 4 is 5.78 Å². The van der Waals surface area contributed by atoms with Crippen LogP contribution in [-0.4, -0.2) is 10.9 Å². The van der Waals surface area contributed by atoms with E-state index in [2.05, 4.69) is 0 Å². The third-order valence-electron chi connectivity index (χ3n) is 6.35. The van der Waals surface area contributed by atoms with Gasteiger partial charge < -0.3 is 5.11 Å². The third kappa shape index (κ3) is 10.9. The molecule has 0 amide bonds. The Balaban J connectivity index is 1.26. The number of carbonyl (C=O) groups is 1. The number of aryl methyl sites for hydroxylation is 1. The van der Waals surface area contributed by atoms with Gasteiger partial charge in [-0.1, -0.05) is 95.6 Å². The number of ketones is 1. The van der Waals surface area contributed by atoms with Crippen molar-refractivity contribution in [3.8, 4) is 5.75 Å². The fourth-order valence-electron chi connectivity index (χ4n) is 4.20. The Bertz CT molecular complexity index is 516. The molecule has 1 fully saturated rings. The molecule has 0 unspecified atom stereocenters. The Labute approximate surface area is 173 Å². The van der Waals surface area contributed by atoms with Crippen LogP contribution in [0.2, 0.25) is 0 Å². The van der Waals surface area contributed by atoms with Gasteiger partial charge in [0.25, 0.3) is 0 Å². The smallest absolute Gasteiger partial charge is 0.133 e. The molecule has 28 heavy (non-hydrogen) atoms. The van der Waals surface area contributed by atoms with E-state index in [4.69, 9.17) is 0 Å². The molecule has 1 N–H and O–H groups in total. The zero-order valence-electron chi connectivity index (χ0n) is 18.0. The molecule has 1 aliphatic rings. The minimum Gasteiger partial charge on any atom is -0.508 e. The van der Waals surface area contributed by atoms with Gasteiger partial charge in [0.2, 0.25) is 0 Å². The molecule has 0 bridgehead atoms. The molecule has 0 radical (unpaired) electrons. The second-order valence-corrected chi connectivity index (χ2v) is 8.95. The molecule has 158 valence electrons. The molecule has 1 aromatic rings. The van der Waals surface area contributed by atoms with Crippen LogP contribution in [0, 0.1) is 5.92 Å². The fraction of sp³-hybridized carbons (Fsp3) is 0.731. The third-order valence-corrected chi connectivity index (χ3v) is 6.35. The summed E-state index contributed by atoms with van der Waals surface area (Å²) in [6.45, 7) is 0. The Morgan fingerprint density at radius 2 is 1.25 bits per heavy atom. The minimum absolute atomic E-state index is 0.359. The highest BCUT2D eigenvalue weighted by molar-refractivity contribution is 5.78. The molecule has 2 rings (SSSR count). The van der Waals surface area contributed by atoms with Crippen LogP contribution in [0.25, 0.3) is 0 Å². The summed E-state index contributed by atoms with van der Waals surface area (Å²) in [7, 11) is 0. The van der Waals surface area contributed by atoms with Gasteiger partial charge in [0.1, 0.15) is 11.5 Å². The van der Waals surface area contributed by atoms with Gasteiger partial charge in [-0.05, 0) is 42.9 Å². The van der Waals surface area contributed by atoms with E-state index in [1.54, 1.807) is 12.1 Å². The van der Waals surface area contributed by atoms with Crippen LogP contribution in [0.5, 0.6) is 5.75 Å². The van der Waals surface area contributed by atoms with Crippen molar-refractivity contribution in [2.45, 2.75) is 116 Å². The number of Topliss-reactive ketones (excluding diaryl/α,β-unsaturated/α-hetero) is 1. The summed E-state index contributed by atoms with van der Waals surface area (Å²) in [6, 6.07) is 7.63. The first-order chi connectivity index (χ1) is 13.7. The number of phenolic OH excluding ortho intramolecular Hbond substituents is 1. The van der Waals surface area contributed by atoms with Crippen molar-refractivity contribution in [2.24, 2.45) is 5.92 Å². The van der Waals surface area contributed by atoms with E-state index in [0.717, 1.165) is 31.6 Å². The van der Waals surface area contributed by atoms with Gasteiger partial charge in [-0.15, -0.1) is 0 Å². The molecule has 0 heterocycles. The lowest BCUT2D eigenvalue weighted by molar-refractivity contribution is -0.120. The molecule has 1 saturated carbocycles. The predicted molar refractivity (Wildman–Crippen MR) is 119 cm³/mol. The van der Waals surface area contributed by atoms with Gasteiger partial charge in [0, 0.05) is 12.8 Å². The Morgan fingerprint density at radius 3 is 1.75 bits per heavy atom. The molecule has 2 heteroatoms. The van der Waals surface area contributed by atoms with Crippen molar-refractivity contribution in [2.75, 3.05) is 0 Å².